The third-order valence-corrected chi connectivity index (χ3v) is 5.02. The Balaban J connectivity index is 1.97. The quantitative estimate of drug-likeness (QED) is 0.483. The smallest absolute Gasteiger partial charge is 0.191 e. The van der Waals surface area contributed by atoms with Crippen LogP contribution in [0.4, 0.5) is 0 Å². The van der Waals surface area contributed by atoms with E-state index in [4.69, 9.17) is 9.73 Å². The Labute approximate surface area is 166 Å². The van der Waals surface area contributed by atoms with E-state index in [1.54, 1.807) is 11.3 Å². The van der Waals surface area contributed by atoms with Crippen molar-refractivity contribution in [2.45, 2.75) is 33.4 Å². The van der Waals surface area contributed by atoms with Gasteiger partial charge in [0.25, 0.3) is 0 Å². The fourth-order valence-electron chi connectivity index (χ4n) is 2.37. The van der Waals surface area contributed by atoms with Gasteiger partial charge in [0.2, 0.25) is 0 Å². The van der Waals surface area contributed by atoms with Crippen LogP contribution in [0.15, 0.2) is 35.5 Å². The number of likely N-dealkylation sites (N-methyl/N-ethyl adjacent to an activating group) is 1. The molecule has 6 nitrogen and oxygen atoms in total. The van der Waals surface area contributed by atoms with E-state index in [0.717, 1.165) is 41.8 Å². The number of guanidine groups is 1. The predicted octanol–water partition coefficient (Wildman–Crippen LogP) is 2.90. The number of hydrogen-bond acceptors (Lipinski definition) is 5. The number of thiazole rings is 1. The van der Waals surface area contributed by atoms with Crippen LogP contribution >= 0.6 is 11.3 Å². The van der Waals surface area contributed by atoms with E-state index in [-0.39, 0.29) is 0 Å². The van der Waals surface area contributed by atoms with Gasteiger partial charge in [0.1, 0.15) is 17.4 Å². The third kappa shape index (κ3) is 7.56. The number of para-hydroxylation sites is 1. The first-order chi connectivity index (χ1) is 13.1. The first-order valence-corrected chi connectivity index (χ1v) is 10.2. The second-order valence-corrected chi connectivity index (χ2v) is 7.58. The van der Waals surface area contributed by atoms with Gasteiger partial charge in [-0.15, -0.1) is 11.3 Å². The molecule has 0 bridgehead atoms. The molecular weight excluding hydrogens is 358 g/mol. The van der Waals surface area contributed by atoms with Crippen LogP contribution in [0.3, 0.4) is 0 Å². The van der Waals surface area contributed by atoms with Crippen LogP contribution in [0.5, 0.6) is 5.75 Å². The number of rotatable bonds is 10. The van der Waals surface area contributed by atoms with Crippen molar-refractivity contribution in [3.8, 4) is 5.75 Å². The lowest BCUT2D eigenvalue weighted by atomic mass is 10.2. The van der Waals surface area contributed by atoms with Gasteiger partial charge in [0.15, 0.2) is 5.96 Å². The molecule has 1 aromatic carbocycles. The summed E-state index contributed by atoms with van der Waals surface area (Å²) < 4.78 is 5.92. The predicted molar refractivity (Wildman–Crippen MR) is 114 cm³/mol. The molecule has 0 aliphatic rings. The second-order valence-electron chi connectivity index (χ2n) is 6.38. The van der Waals surface area contributed by atoms with Crippen molar-refractivity contribution in [3.05, 3.63) is 45.9 Å². The Kier molecular flexibility index (Phi) is 9.07. The van der Waals surface area contributed by atoms with Gasteiger partial charge < -0.3 is 20.3 Å². The summed E-state index contributed by atoms with van der Waals surface area (Å²) in [5.41, 5.74) is 1.08. The average Bonchev–Trinajstić information content (AvgIpc) is 3.13. The highest BCUT2D eigenvalue weighted by molar-refractivity contribution is 7.11. The minimum absolute atomic E-state index is 0.561. The number of hydrogen-bond donors (Lipinski definition) is 2. The Hall–Kier alpha value is -2.12. The normalized spacial score (nSPS) is 11.7. The first kappa shape index (κ1) is 21.2. The number of aryl methyl sites for hydroxylation is 1. The zero-order chi connectivity index (χ0) is 19.5. The van der Waals surface area contributed by atoms with Gasteiger partial charge in [-0.3, -0.25) is 0 Å². The van der Waals surface area contributed by atoms with Crippen LogP contribution in [-0.4, -0.2) is 49.6 Å². The number of nitrogens with zero attached hydrogens (tertiary/aromatic N) is 3. The molecule has 0 aliphatic carbocycles. The van der Waals surface area contributed by atoms with E-state index in [1.807, 2.05) is 38.5 Å². The van der Waals surface area contributed by atoms with Gasteiger partial charge in [-0.1, -0.05) is 25.1 Å². The summed E-state index contributed by atoms with van der Waals surface area (Å²) in [5, 5.41) is 7.73. The van der Waals surface area contributed by atoms with Crippen molar-refractivity contribution in [2.75, 3.05) is 33.8 Å². The summed E-state index contributed by atoms with van der Waals surface area (Å²) in [6, 6.07) is 8.08. The zero-order valence-corrected chi connectivity index (χ0v) is 17.6. The molecular formula is C20H31N5OS. The SMILES string of the molecule is CCNC(=NCc1ccccc1OCCN(C)C)NCc1ncc(CC)s1. The highest BCUT2D eigenvalue weighted by Gasteiger charge is 2.05. The van der Waals surface area contributed by atoms with Crippen molar-refractivity contribution in [3.63, 3.8) is 0 Å². The molecule has 1 heterocycles. The van der Waals surface area contributed by atoms with Crippen molar-refractivity contribution in [1.82, 2.24) is 20.5 Å². The van der Waals surface area contributed by atoms with Crippen molar-refractivity contribution in [1.29, 1.82) is 0 Å². The molecule has 0 saturated heterocycles. The highest BCUT2D eigenvalue weighted by atomic mass is 32.1. The number of benzene rings is 1. The molecule has 148 valence electrons. The molecule has 2 aromatic rings. The molecule has 0 fully saturated rings. The summed E-state index contributed by atoms with van der Waals surface area (Å²) in [6.45, 7) is 7.81. The molecule has 1 aromatic heterocycles. The molecule has 2 N–H and O–H groups in total. The highest BCUT2D eigenvalue weighted by Crippen LogP contribution is 2.19. The molecule has 0 atom stereocenters. The van der Waals surface area contributed by atoms with E-state index in [1.165, 1.54) is 4.88 Å². The molecule has 7 heteroatoms. The van der Waals surface area contributed by atoms with Crippen LogP contribution in [0.25, 0.3) is 0 Å². The van der Waals surface area contributed by atoms with Crippen LogP contribution < -0.4 is 15.4 Å². The van der Waals surface area contributed by atoms with Crippen LogP contribution in [0, 0.1) is 0 Å². The van der Waals surface area contributed by atoms with Gasteiger partial charge in [-0.25, -0.2) is 9.98 Å². The minimum Gasteiger partial charge on any atom is -0.492 e. The first-order valence-electron chi connectivity index (χ1n) is 9.43. The van der Waals surface area contributed by atoms with Gasteiger partial charge in [-0.2, -0.15) is 0 Å². The van der Waals surface area contributed by atoms with Gasteiger partial charge in [0, 0.05) is 29.7 Å². The molecule has 0 radical (unpaired) electrons. The summed E-state index contributed by atoms with van der Waals surface area (Å²) in [4.78, 5) is 12.6. The summed E-state index contributed by atoms with van der Waals surface area (Å²) >= 11 is 1.74. The van der Waals surface area contributed by atoms with E-state index in [0.29, 0.717) is 19.7 Å². The van der Waals surface area contributed by atoms with E-state index in [2.05, 4.69) is 40.4 Å². The van der Waals surface area contributed by atoms with Crippen LogP contribution in [-0.2, 0) is 19.5 Å². The average molecular weight is 390 g/mol. The molecule has 0 spiro atoms. The zero-order valence-electron chi connectivity index (χ0n) is 16.8. The van der Waals surface area contributed by atoms with E-state index >= 15 is 0 Å². The van der Waals surface area contributed by atoms with Gasteiger partial charge in [0.05, 0.1) is 13.1 Å². The summed E-state index contributed by atoms with van der Waals surface area (Å²) in [6.07, 6.45) is 2.98. The van der Waals surface area contributed by atoms with E-state index in [9.17, 15) is 0 Å². The van der Waals surface area contributed by atoms with Crippen molar-refractivity contribution in [2.24, 2.45) is 4.99 Å². The Morgan fingerprint density at radius 2 is 2.04 bits per heavy atom. The van der Waals surface area contributed by atoms with E-state index < -0.39 is 0 Å². The summed E-state index contributed by atoms with van der Waals surface area (Å²) in [5.74, 6) is 1.68. The van der Waals surface area contributed by atoms with Crippen molar-refractivity contribution >= 4 is 17.3 Å². The lowest BCUT2D eigenvalue weighted by molar-refractivity contribution is 0.259. The topological polar surface area (TPSA) is 61.8 Å². The van der Waals surface area contributed by atoms with Crippen LogP contribution in [0.2, 0.25) is 0 Å². The fourth-order valence-corrected chi connectivity index (χ4v) is 3.17. The number of aromatic nitrogens is 1. The minimum atomic E-state index is 0.561. The van der Waals surface area contributed by atoms with Gasteiger partial charge >= 0.3 is 0 Å². The van der Waals surface area contributed by atoms with Gasteiger partial charge in [-0.05, 0) is 33.5 Å². The molecule has 0 saturated carbocycles. The maximum Gasteiger partial charge on any atom is 0.191 e. The number of nitrogens with one attached hydrogen (secondary N) is 2. The number of ether oxygens (including phenoxy) is 1. The monoisotopic (exact) mass is 389 g/mol. The third-order valence-electron chi connectivity index (χ3n) is 3.88. The maximum absolute atomic E-state index is 5.92. The standard InChI is InChI=1S/C20H31N5OS/c1-5-17-14-22-19(27-17)15-24-20(21-6-2)23-13-16-9-7-8-10-18(16)26-12-11-25(3)4/h7-10,14H,5-6,11-13,15H2,1-4H3,(H2,21,23,24). The largest absolute Gasteiger partial charge is 0.492 e. The lowest BCUT2D eigenvalue weighted by Gasteiger charge is -2.14. The fraction of sp³-hybridized carbons (Fsp3) is 0.500. The number of aliphatic imine (C=N–C) groups is 1. The molecule has 0 unspecified atom stereocenters. The Morgan fingerprint density at radius 1 is 1.22 bits per heavy atom. The van der Waals surface area contributed by atoms with Crippen molar-refractivity contribution < 1.29 is 4.74 Å². The molecule has 2 rings (SSSR count). The molecule has 0 amide bonds. The second kappa shape index (κ2) is 11.6. The maximum atomic E-state index is 5.92. The lowest BCUT2D eigenvalue weighted by Crippen LogP contribution is -2.36. The van der Waals surface area contributed by atoms with Crippen LogP contribution in [0.1, 0.15) is 29.3 Å². The summed E-state index contributed by atoms with van der Waals surface area (Å²) in [7, 11) is 4.08. The molecule has 0 aliphatic heterocycles. The Morgan fingerprint density at radius 3 is 2.74 bits per heavy atom. The Bertz CT molecular complexity index is 714. The molecule has 27 heavy (non-hydrogen) atoms.